The number of hydrogen-bond acceptors (Lipinski definition) is 7. The summed E-state index contributed by atoms with van der Waals surface area (Å²) in [5.41, 5.74) is 5.86. The van der Waals surface area contributed by atoms with E-state index < -0.39 is 78.2 Å². The molecular weight excluding hydrogens is 436 g/mol. The van der Waals surface area contributed by atoms with E-state index in [2.05, 4.69) is 16.0 Å². The van der Waals surface area contributed by atoms with E-state index in [0.29, 0.717) is 6.42 Å². The van der Waals surface area contributed by atoms with Gasteiger partial charge in [-0.3, -0.25) is 19.2 Å². The Morgan fingerprint density at radius 1 is 0.758 bits per heavy atom. The molecule has 12 heteroatoms. The minimum absolute atomic E-state index is 0.146. The molecule has 0 heterocycles. The largest absolute Gasteiger partial charge is 0.481 e. The van der Waals surface area contributed by atoms with Crippen LogP contribution in [0, 0.1) is 17.8 Å². The van der Waals surface area contributed by atoms with Gasteiger partial charge in [-0.05, 0) is 24.2 Å². The Bertz CT molecular complexity index is 710. The van der Waals surface area contributed by atoms with Crippen molar-refractivity contribution in [3.05, 3.63) is 0 Å². The first-order valence-corrected chi connectivity index (χ1v) is 10.9. The minimum Gasteiger partial charge on any atom is -0.481 e. The van der Waals surface area contributed by atoms with Crippen LogP contribution in [0.4, 0.5) is 0 Å². The highest BCUT2D eigenvalue weighted by molar-refractivity contribution is 5.94. The molecule has 0 radical (unpaired) electrons. The van der Waals surface area contributed by atoms with E-state index in [1.165, 1.54) is 0 Å². The molecule has 0 fully saturated rings. The maximum atomic E-state index is 12.9. The van der Waals surface area contributed by atoms with Crippen molar-refractivity contribution >= 4 is 29.7 Å². The van der Waals surface area contributed by atoms with E-state index in [1.807, 2.05) is 13.8 Å². The molecule has 0 aromatic carbocycles. The van der Waals surface area contributed by atoms with E-state index in [4.69, 9.17) is 15.9 Å². The standard InChI is InChI=1S/C21H38N4O8/c1-9(2)7-12(22)17(28)20(31)25-16(11(5)6)19(30)24-15(10(3)4)18(29)23-13(21(32)33)8-14(26)27/h9-13,15-17,28H,7-8,22H2,1-6H3,(H,23,29)(H,24,30)(H,25,31)(H,26,27)(H,32,33)/t12-,13+,15+,16?,17-/m1/s1. The quantitative estimate of drug-likeness (QED) is 0.165. The normalized spacial score (nSPS) is 16.0. The topological polar surface area (TPSA) is 208 Å². The van der Waals surface area contributed by atoms with Gasteiger partial charge in [0, 0.05) is 6.04 Å². The lowest BCUT2D eigenvalue weighted by Crippen LogP contribution is -2.60. The second kappa shape index (κ2) is 13.7. The molecule has 12 nitrogen and oxygen atoms in total. The number of aliphatic carboxylic acids is 2. The van der Waals surface area contributed by atoms with Crippen molar-refractivity contribution < 1.29 is 39.3 Å². The van der Waals surface area contributed by atoms with Gasteiger partial charge in [-0.1, -0.05) is 41.5 Å². The second-order valence-electron chi connectivity index (χ2n) is 9.20. The summed E-state index contributed by atoms with van der Waals surface area (Å²) in [6.07, 6.45) is -1.97. The monoisotopic (exact) mass is 474 g/mol. The summed E-state index contributed by atoms with van der Waals surface area (Å²) in [6, 6.07) is -4.80. The fraction of sp³-hybridized carbons (Fsp3) is 0.762. The fourth-order valence-electron chi connectivity index (χ4n) is 3.06. The zero-order valence-electron chi connectivity index (χ0n) is 20.0. The van der Waals surface area contributed by atoms with Crippen LogP contribution in [0.15, 0.2) is 0 Å². The zero-order chi connectivity index (χ0) is 26.0. The van der Waals surface area contributed by atoms with Crippen molar-refractivity contribution in [2.75, 3.05) is 0 Å². The number of nitrogens with two attached hydrogens (primary N) is 1. The van der Waals surface area contributed by atoms with E-state index in [0.717, 1.165) is 0 Å². The van der Waals surface area contributed by atoms with Crippen LogP contribution in [0.1, 0.15) is 54.4 Å². The summed E-state index contributed by atoms with van der Waals surface area (Å²) < 4.78 is 0. The van der Waals surface area contributed by atoms with Crippen molar-refractivity contribution in [1.82, 2.24) is 16.0 Å². The maximum Gasteiger partial charge on any atom is 0.326 e. The highest BCUT2D eigenvalue weighted by atomic mass is 16.4. The van der Waals surface area contributed by atoms with Gasteiger partial charge in [0.15, 0.2) is 0 Å². The van der Waals surface area contributed by atoms with Crippen molar-refractivity contribution in [2.45, 2.75) is 84.7 Å². The molecule has 0 aliphatic carbocycles. The third-order valence-electron chi connectivity index (χ3n) is 4.90. The van der Waals surface area contributed by atoms with Crippen molar-refractivity contribution in [2.24, 2.45) is 23.5 Å². The first kappa shape index (κ1) is 30.3. The summed E-state index contributed by atoms with van der Waals surface area (Å²) in [6.45, 7) is 10.3. The van der Waals surface area contributed by atoms with E-state index in [1.54, 1.807) is 27.7 Å². The first-order chi connectivity index (χ1) is 15.1. The van der Waals surface area contributed by atoms with E-state index >= 15 is 0 Å². The van der Waals surface area contributed by atoms with Crippen LogP contribution < -0.4 is 21.7 Å². The smallest absolute Gasteiger partial charge is 0.326 e. The van der Waals surface area contributed by atoms with Crippen LogP contribution in [-0.2, 0) is 24.0 Å². The third-order valence-corrected chi connectivity index (χ3v) is 4.90. The molecule has 0 saturated heterocycles. The summed E-state index contributed by atoms with van der Waals surface area (Å²) >= 11 is 0. The van der Waals surface area contributed by atoms with Crippen LogP contribution in [0.25, 0.3) is 0 Å². The van der Waals surface area contributed by atoms with Gasteiger partial charge < -0.3 is 37.0 Å². The molecule has 0 aliphatic heterocycles. The molecule has 0 spiro atoms. The van der Waals surface area contributed by atoms with Gasteiger partial charge in [0.1, 0.15) is 24.2 Å². The fourth-order valence-corrected chi connectivity index (χ4v) is 3.06. The number of hydrogen-bond donors (Lipinski definition) is 7. The van der Waals surface area contributed by atoms with Gasteiger partial charge in [0.05, 0.1) is 6.42 Å². The van der Waals surface area contributed by atoms with Gasteiger partial charge >= 0.3 is 11.9 Å². The molecule has 0 aliphatic rings. The molecule has 0 bridgehead atoms. The Morgan fingerprint density at radius 3 is 1.55 bits per heavy atom. The summed E-state index contributed by atoms with van der Waals surface area (Å²) in [4.78, 5) is 60.0. The van der Waals surface area contributed by atoms with Crippen LogP contribution >= 0.6 is 0 Å². The summed E-state index contributed by atoms with van der Waals surface area (Å²) in [7, 11) is 0. The van der Waals surface area contributed by atoms with Crippen LogP contribution in [0.3, 0.4) is 0 Å². The number of aliphatic hydroxyl groups excluding tert-OH is 1. The molecule has 8 N–H and O–H groups in total. The molecule has 1 unspecified atom stereocenters. The summed E-state index contributed by atoms with van der Waals surface area (Å²) in [5.74, 6) is -6.12. The Balaban J connectivity index is 5.41. The Labute approximate surface area is 193 Å². The number of amides is 3. The number of nitrogens with one attached hydrogen (secondary N) is 3. The van der Waals surface area contributed by atoms with Gasteiger partial charge in [-0.2, -0.15) is 0 Å². The molecule has 5 atom stereocenters. The molecular formula is C21H38N4O8. The molecule has 0 rings (SSSR count). The van der Waals surface area contributed by atoms with Crippen LogP contribution in [-0.4, -0.2) is 75.3 Å². The van der Waals surface area contributed by atoms with Gasteiger partial charge in [0.25, 0.3) is 5.91 Å². The number of carbonyl (C=O) groups excluding carboxylic acids is 3. The van der Waals surface area contributed by atoms with Crippen LogP contribution in [0.2, 0.25) is 0 Å². The second-order valence-corrected chi connectivity index (χ2v) is 9.20. The lowest BCUT2D eigenvalue weighted by Gasteiger charge is -2.29. The lowest BCUT2D eigenvalue weighted by atomic mass is 9.97. The molecule has 0 saturated carbocycles. The van der Waals surface area contributed by atoms with Gasteiger partial charge in [-0.25, -0.2) is 4.79 Å². The first-order valence-electron chi connectivity index (χ1n) is 10.9. The Hall–Kier alpha value is -2.73. The predicted octanol–water partition coefficient (Wildman–Crippen LogP) is -0.954. The van der Waals surface area contributed by atoms with Gasteiger partial charge in [0.2, 0.25) is 11.8 Å². The molecule has 190 valence electrons. The Kier molecular flexibility index (Phi) is 12.6. The molecule has 0 aromatic rings. The van der Waals surface area contributed by atoms with Gasteiger partial charge in [-0.15, -0.1) is 0 Å². The van der Waals surface area contributed by atoms with E-state index in [-0.39, 0.29) is 5.92 Å². The highest BCUT2D eigenvalue weighted by Gasteiger charge is 2.34. The number of carboxylic acid groups (broad SMARTS) is 2. The third kappa shape index (κ3) is 10.6. The van der Waals surface area contributed by atoms with Crippen LogP contribution in [0.5, 0.6) is 0 Å². The van der Waals surface area contributed by atoms with Crippen molar-refractivity contribution in [3.63, 3.8) is 0 Å². The lowest BCUT2D eigenvalue weighted by molar-refractivity contribution is -0.147. The predicted molar refractivity (Wildman–Crippen MR) is 119 cm³/mol. The Morgan fingerprint density at radius 2 is 1.18 bits per heavy atom. The number of rotatable bonds is 14. The average Bonchev–Trinajstić information content (AvgIpc) is 2.66. The average molecular weight is 475 g/mol. The zero-order valence-corrected chi connectivity index (χ0v) is 20.0. The molecule has 0 aromatic heterocycles. The highest BCUT2D eigenvalue weighted by Crippen LogP contribution is 2.10. The number of aliphatic hydroxyl groups is 1. The van der Waals surface area contributed by atoms with Crippen molar-refractivity contribution in [3.8, 4) is 0 Å². The minimum atomic E-state index is -1.67. The number of carboxylic acids is 2. The van der Waals surface area contributed by atoms with Crippen molar-refractivity contribution in [1.29, 1.82) is 0 Å². The number of carbonyl (C=O) groups is 5. The maximum absolute atomic E-state index is 12.9. The van der Waals surface area contributed by atoms with E-state index in [9.17, 15) is 29.1 Å². The molecule has 3 amide bonds. The summed E-state index contributed by atoms with van der Waals surface area (Å²) in [5, 5.41) is 35.2. The molecule has 33 heavy (non-hydrogen) atoms. The SMILES string of the molecule is CC(C)C[C@@H](N)[C@@H](O)C(=O)NC(C(=O)N[C@H](C(=O)N[C@@H](CC(=O)O)C(=O)O)C(C)C)C(C)C.